The number of aliphatic hydroxyl groups is 1. The Kier molecular flexibility index (Phi) is 11.2. The molecule has 2 heterocycles. The first-order valence-electron chi connectivity index (χ1n) is 13.1. The number of benzene rings is 1. The molecule has 1 amide bonds. The average Bonchev–Trinajstić information content (AvgIpc) is 3.28. The highest BCUT2D eigenvalue weighted by Crippen LogP contribution is 2.30. The molecule has 0 bridgehead atoms. The Hall–Kier alpha value is -3.78. The van der Waals surface area contributed by atoms with Gasteiger partial charge in [-0.3, -0.25) is 24.5 Å². The molecule has 0 saturated carbocycles. The quantitative estimate of drug-likeness (QED) is 0.147. The van der Waals surface area contributed by atoms with Crippen molar-refractivity contribution in [3.05, 3.63) is 45.9 Å². The van der Waals surface area contributed by atoms with E-state index in [1.54, 1.807) is 0 Å². The fourth-order valence-corrected chi connectivity index (χ4v) is 4.38. The molecule has 0 radical (unpaired) electrons. The minimum Gasteiger partial charge on any atom is -0.494 e. The zero-order valence-corrected chi connectivity index (χ0v) is 22.4. The van der Waals surface area contributed by atoms with Crippen LogP contribution in [0.25, 0.3) is 0 Å². The van der Waals surface area contributed by atoms with Crippen molar-refractivity contribution in [2.75, 3.05) is 13.2 Å². The van der Waals surface area contributed by atoms with E-state index < -0.39 is 66.4 Å². The molecule has 3 rings (SSSR count). The van der Waals surface area contributed by atoms with Gasteiger partial charge in [-0.25, -0.2) is 0 Å². The zero-order valence-electron chi connectivity index (χ0n) is 22.4. The highest BCUT2D eigenvalue weighted by Gasteiger charge is 2.43. The molecule has 2 aliphatic rings. The average molecular weight is 568 g/mol. The van der Waals surface area contributed by atoms with E-state index in [2.05, 4.69) is 6.92 Å². The Bertz CT molecular complexity index is 1110. The first kappa shape index (κ1) is 30.8. The Morgan fingerprint density at radius 3 is 2.73 bits per heavy atom. The van der Waals surface area contributed by atoms with Crippen molar-refractivity contribution in [2.45, 2.75) is 83.6 Å². The van der Waals surface area contributed by atoms with Crippen LogP contribution >= 0.6 is 0 Å². The fraction of sp³-hybridized carbons (Fsp3) is 0.577. The van der Waals surface area contributed by atoms with Crippen molar-refractivity contribution in [3.63, 3.8) is 0 Å². The summed E-state index contributed by atoms with van der Waals surface area (Å²) in [5.74, 6) is -3.30. The summed E-state index contributed by atoms with van der Waals surface area (Å²) in [7, 11) is 0. The number of nitrogens with zero attached hydrogens (tertiary/aromatic N) is 2. The van der Waals surface area contributed by atoms with Gasteiger partial charge in [0.15, 0.2) is 0 Å². The first-order chi connectivity index (χ1) is 19.1. The summed E-state index contributed by atoms with van der Waals surface area (Å²) in [6.45, 7) is 3.35. The second-order valence-electron chi connectivity index (χ2n) is 9.45. The van der Waals surface area contributed by atoms with Crippen molar-refractivity contribution in [1.29, 1.82) is 0 Å². The van der Waals surface area contributed by atoms with Crippen LogP contribution in [-0.2, 0) is 35.0 Å². The van der Waals surface area contributed by atoms with Crippen LogP contribution in [-0.4, -0.2) is 70.8 Å². The summed E-state index contributed by atoms with van der Waals surface area (Å²) < 4.78 is 35.8. The smallest absolute Gasteiger partial charge is 0.310 e. The summed E-state index contributed by atoms with van der Waals surface area (Å²) in [4.78, 5) is 47.5. The normalized spacial score (nSPS) is 22.4. The van der Waals surface area contributed by atoms with Crippen LogP contribution in [0.1, 0.15) is 57.9 Å². The molecular weight excluding hydrogens is 533 g/mol. The number of hydrogen-bond donors (Lipinski definition) is 2. The number of amides is 1. The zero-order chi connectivity index (χ0) is 29.2. The highest BCUT2D eigenvalue weighted by atomic mass is 19.1. The maximum atomic E-state index is 13.8. The lowest BCUT2D eigenvalue weighted by atomic mass is 10.1. The number of carbonyl (C=O) groups excluding carboxylic acids is 3. The van der Waals surface area contributed by atoms with Crippen molar-refractivity contribution in [2.24, 2.45) is 0 Å². The third-order valence-electron chi connectivity index (χ3n) is 6.36. The van der Waals surface area contributed by atoms with Gasteiger partial charge in [0, 0.05) is 31.2 Å². The van der Waals surface area contributed by atoms with E-state index in [1.807, 2.05) is 5.32 Å². The lowest BCUT2D eigenvalue weighted by molar-refractivity contribution is -0.385. The number of unbranched alkanes of at least 4 members (excludes halogenated alkanes) is 4. The van der Waals surface area contributed by atoms with E-state index in [1.165, 1.54) is 25.1 Å². The van der Waals surface area contributed by atoms with Crippen LogP contribution in [0.4, 0.5) is 10.1 Å². The van der Waals surface area contributed by atoms with E-state index in [0.29, 0.717) is 12.4 Å². The van der Waals surface area contributed by atoms with E-state index in [4.69, 9.17) is 18.9 Å². The largest absolute Gasteiger partial charge is 0.494 e. The minimum absolute atomic E-state index is 0.0260. The molecular formula is C26H34FN3O10. The van der Waals surface area contributed by atoms with Crippen LogP contribution in [0.3, 0.4) is 0 Å². The molecule has 4 atom stereocenters. The van der Waals surface area contributed by atoms with Gasteiger partial charge < -0.3 is 34.3 Å². The first-order valence-corrected chi connectivity index (χ1v) is 13.1. The number of aliphatic hydroxyl groups excluding tert-OH is 1. The van der Waals surface area contributed by atoms with Crippen LogP contribution < -0.4 is 10.1 Å². The molecule has 13 nitrogen and oxygen atoms in total. The lowest BCUT2D eigenvalue weighted by Gasteiger charge is -2.34. The monoisotopic (exact) mass is 567 g/mol. The predicted molar refractivity (Wildman–Crippen MR) is 136 cm³/mol. The molecule has 1 saturated heterocycles. The van der Waals surface area contributed by atoms with E-state index in [0.717, 1.165) is 43.2 Å². The van der Waals surface area contributed by atoms with Crippen molar-refractivity contribution in [3.8, 4) is 5.75 Å². The molecule has 1 aromatic carbocycles. The van der Waals surface area contributed by atoms with Crippen LogP contribution in [0.5, 0.6) is 5.75 Å². The van der Waals surface area contributed by atoms with Crippen LogP contribution in [0.2, 0.25) is 0 Å². The van der Waals surface area contributed by atoms with Gasteiger partial charge in [0.2, 0.25) is 12.2 Å². The number of esters is 2. The van der Waals surface area contributed by atoms with Gasteiger partial charge in [0.1, 0.15) is 30.8 Å². The van der Waals surface area contributed by atoms with Gasteiger partial charge in [0.05, 0.1) is 18.0 Å². The Balaban J connectivity index is 1.61. The standard InChI is InChI=1S/C26H34FN3O10/c1-3-4-5-6-7-10-37-18-8-9-20(30(35)36)17(11-18)12-24(32)38-15-22-21(39-16(2)31)13-23(40-22)29-14-19(27)25(33)28-26(29)34/h8-9,11,14,21-23,26,34H,3-7,10,12-13,15H2,1-2H3,(H,28,33)/t21?,22-,23-,26?/m1/s1. The number of nitrogens with one attached hydrogen (secondary N) is 1. The molecule has 2 unspecified atom stereocenters. The summed E-state index contributed by atoms with van der Waals surface area (Å²) in [5.41, 5.74) is -0.162. The van der Waals surface area contributed by atoms with Crippen molar-refractivity contribution < 1.29 is 47.8 Å². The lowest BCUT2D eigenvalue weighted by Crippen LogP contribution is -2.53. The predicted octanol–water partition coefficient (Wildman–Crippen LogP) is 2.60. The molecule has 1 aromatic rings. The summed E-state index contributed by atoms with van der Waals surface area (Å²) in [6.07, 6.45) is 1.01. The van der Waals surface area contributed by atoms with Gasteiger partial charge in [-0.15, -0.1) is 0 Å². The second-order valence-corrected chi connectivity index (χ2v) is 9.45. The summed E-state index contributed by atoms with van der Waals surface area (Å²) >= 11 is 0. The van der Waals surface area contributed by atoms with Gasteiger partial charge in [-0.1, -0.05) is 32.6 Å². The third kappa shape index (κ3) is 8.61. The molecule has 0 spiro atoms. The van der Waals surface area contributed by atoms with E-state index in [9.17, 15) is 34.0 Å². The number of hydrogen-bond acceptors (Lipinski definition) is 11. The maximum absolute atomic E-state index is 13.8. The number of nitro groups is 1. The van der Waals surface area contributed by atoms with Crippen LogP contribution in [0.15, 0.2) is 30.2 Å². The Labute approximate surface area is 230 Å². The maximum Gasteiger partial charge on any atom is 0.310 e. The fourth-order valence-electron chi connectivity index (χ4n) is 4.38. The Morgan fingerprint density at radius 2 is 2.02 bits per heavy atom. The molecule has 0 aromatic heterocycles. The molecule has 2 N–H and O–H groups in total. The van der Waals surface area contributed by atoms with Gasteiger partial charge in [-0.05, 0) is 18.6 Å². The molecule has 14 heteroatoms. The molecule has 2 aliphatic heterocycles. The Morgan fingerprint density at radius 1 is 1.27 bits per heavy atom. The molecule has 0 aliphatic carbocycles. The number of nitro benzene ring substituents is 1. The van der Waals surface area contributed by atoms with Crippen molar-refractivity contribution >= 4 is 23.5 Å². The minimum atomic E-state index is -1.59. The number of carbonyl (C=O) groups is 3. The molecule has 220 valence electrons. The van der Waals surface area contributed by atoms with Crippen molar-refractivity contribution in [1.82, 2.24) is 10.2 Å². The molecule has 1 fully saturated rings. The number of ether oxygens (including phenoxy) is 4. The van der Waals surface area contributed by atoms with Crippen LogP contribution in [0, 0.1) is 10.1 Å². The van der Waals surface area contributed by atoms with Gasteiger partial charge in [-0.2, -0.15) is 4.39 Å². The molecule has 40 heavy (non-hydrogen) atoms. The second kappa shape index (κ2) is 14.6. The van der Waals surface area contributed by atoms with E-state index in [-0.39, 0.29) is 17.7 Å². The van der Waals surface area contributed by atoms with Gasteiger partial charge in [0.25, 0.3) is 11.6 Å². The summed E-state index contributed by atoms with van der Waals surface area (Å²) in [6, 6.07) is 4.18. The SMILES string of the molecule is CCCCCCCOc1ccc([N+](=O)[O-])c(CC(=O)OC[C@H]2O[C@@H](N3C=C(F)C(=O)NC3O)CC2OC(C)=O)c1. The number of rotatable bonds is 14. The topological polar surface area (TPSA) is 167 Å². The van der Waals surface area contributed by atoms with E-state index >= 15 is 0 Å². The number of halogens is 1. The summed E-state index contributed by atoms with van der Waals surface area (Å²) in [5, 5.41) is 23.6. The van der Waals surface area contributed by atoms with Gasteiger partial charge >= 0.3 is 11.9 Å². The highest BCUT2D eigenvalue weighted by molar-refractivity contribution is 5.91. The third-order valence-corrected chi connectivity index (χ3v) is 6.36.